The summed E-state index contributed by atoms with van der Waals surface area (Å²) >= 11 is 0. The molecule has 0 unspecified atom stereocenters. The van der Waals surface area contributed by atoms with Gasteiger partial charge in [-0.2, -0.15) is 0 Å². The fraction of sp³-hybridized carbons (Fsp3) is 0.550. The van der Waals surface area contributed by atoms with Crippen LogP contribution in [0, 0.1) is 6.92 Å². The number of aryl methyl sites for hydroxylation is 1. The number of aromatic amines is 1. The molecule has 134 valence electrons. The largest absolute Gasteiger partial charge is 0.391 e. The van der Waals surface area contributed by atoms with E-state index in [-0.39, 0.29) is 12.0 Å². The number of benzene rings is 1. The molecule has 0 radical (unpaired) electrons. The third-order valence-electron chi connectivity index (χ3n) is 5.84. The van der Waals surface area contributed by atoms with Crippen molar-refractivity contribution in [1.82, 2.24) is 14.8 Å². The molecule has 1 saturated carbocycles. The summed E-state index contributed by atoms with van der Waals surface area (Å²) in [6.07, 6.45) is 5.36. The van der Waals surface area contributed by atoms with Crippen molar-refractivity contribution in [1.29, 1.82) is 0 Å². The first-order chi connectivity index (χ1) is 12.1. The number of nitrogens with zero attached hydrogens (tertiary/aromatic N) is 2. The fourth-order valence-electron chi connectivity index (χ4n) is 4.37. The van der Waals surface area contributed by atoms with E-state index in [4.69, 9.17) is 0 Å². The Morgan fingerprint density at radius 1 is 1.24 bits per heavy atom. The second-order valence-electron chi connectivity index (χ2n) is 7.52. The molecule has 1 amide bonds. The molecule has 5 nitrogen and oxygen atoms in total. The SMILES string of the molecule is Cc1ccc2c(CC(=O)N3CCN([C@H]4CCC[C@H]4O)CC3)c[nH]c2c1. The Kier molecular flexibility index (Phi) is 4.52. The Bertz CT molecular complexity index is 761. The van der Waals surface area contributed by atoms with Gasteiger partial charge in [0, 0.05) is 49.3 Å². The van der Waals surface area contributed by atoms with Crippen LogP contribution >= 0.6 is 0 Å². The predicted octanol–water partition coefficient (Wildman–Crippen LogP) is 2.08. The number of aromatic nitrogens is 1. The van der Waals surface area contributed by atoms with Crippen molar-refractivity contribution in [3.8, 4) is 0 Å². The maximum Gasteiger partial charge on any atom is 0.227 e. The summed E-state index contributed by atoms with van der Waals surface area (Å²) in [7, 11) is 0. The van der Waals surface area contributed by atoms with E-state index in [1.165, 1.54) is 5.56 Å². The van der Waals surface area contributed by atoms with Crippen molar-refractivity contribution in [3.63, 3.8) is 0 Å². The molecular formula is C20H27N3O2. The van der Waals surface area contributed by atoms with Crippen molar-refractivity contribution >= 4 is 16.8 Å². The van der Waals surface area contributed by atoms with Crippen LogP contribution in [0.15, 0.2) is 24.4 Å². The third kappa shape index (κ3) is 3.31. The molecule has 5 heteroatoms. The molecule has 25 heavy (non-hydrogen) atoms. The zero-order chi connectivity index (χ0) is 17.4. The highest BCUT2D eigenvalue weighted by Gasteiger charge is 2.33. The molecule has 2 fully saturated rings. The smallest absolute Gasteiger partial charge is 0.227 e. The lowest BCUT2D eigenvalue weighted by Crippen LogP contribution is -2.53. The zero-order valence-corrected chi connectivity index (χ0v) is 14.9. The molecule has 2 aliphatic rings. The average molecular weight is 341 g/mol. The molecule has 1 aliphatic heterocycles. The van der Waals surface area contributed by atoms with Gasteiger partial charge in [0.05, 0.1) is 12.5 Å². The predicted molar refractivity (Wildman–Crippen MR) is 98.5 cm³/mol. The van der Waals surface area contributed by atoms with Gasteiger partial charge in [-0.15, -0.1) is 0 Å². The van der Waals surface area contributed by atoms with Gasteiger partial charge in [0.25, 0.3) is 0 Å². The summed E-state index contributed by atoms with van der Waals surface area (Å²) in [5, 5.41) is 11.2. The first-order valence-electron chi connectivity index (χ1n) is 9.38. The maximum atomic E-state index is 12.7. The minimum atomic E-state index is -0.183. The van der Waals surface area contributed by atoms with Crippen LogP contribution in [0.5, 0.6) is 0 Å². The highest BCUT2D eigenvalue weighted by Crippen LogP contribution is 2.25. The topological polar surface area (TPSA) is 59.6 Å². The lowest BCUT2D eigenvalue weighted by atomic mass is 10.1. The minimum absolute atomic E-state index is 0.183. The zero-order valence-electron chi connectivity index (χ0n) is 14.9. The molecule has 2 N–H and O–H groups in total. The molecule has 0 bridgehead atoms. The van der Waals surface area contributed by atoms with Crippen LogP contribution in [-0.2, 0) is 11.2 Å². The first kappa shape index (κ1) is 16.6. The van der Waals surface area contributed by atoms with Gasteiger partial charge >= 0.3 is 0 Å². The van der Waals surface area contributed by atoms with Crippen molar-refractivity contribution in [2.75, 3.05) is 26.2 Å². The number of amides is 1. The Hall–Kier alpha value is -1.85. The fourth-order valence-corrected chi connectivity index (χ4v) is 4.37. The van der Waals surface area contributed by atoms with Gasteiger partial charge in [0.1, 0.15) is 0 Å². The molecule has 1 aromatic carbocycles. The van der Waals surface area contributed by atoms with Crippen molar-refractivity contribution < 1.29 is 9.90 Å². The highest BCUT2D eigenvalue weighted by molar-refractivity contribution is 5.89. The number of aliphatic hydroxyl groups is 1. The first-order valence-corrected chi connectivity index (χ1v) is 9.38. The van der Waals surface area contributed by atoms with Crippen molar-refractivity contribution in [3.05, 3.63) is 35.5 Å². The number of H-pyrrole nitrogens is 1. The van der Waals surface area contributed by atoms with Crippen LogP contribution in [0.4, 0.5) is 0 Å². The molecule has 2 atom stereocenters. The lowest BCUT2D eigenvalue weighted by molar-refractivity contribution is -0.132. The number of carbonyl (C=O) groups is 1. The van der Waals surface area contributed by atoms with Gasteiger partial charge in [-0.3, -0.25) is 9.69 Å². The van der Waals surface area contributed by atoms with Gasteiger partial charge in [0.15, 0.2) is 0 Å². The van der Waals surface area contributed by atoms with E-state index >= 15 is 0 Å². The number of rotatable bonds is 3. The summed E-state index contributed by atoms with van der Waals surface area (Å²) < 4.78 is 0. The standard InChI is InChI=1S/C20H27N3O2/c1-14-5-6-16-15(13-21-17(16)11-14)12-20(25)23-9-7-22(8-10-23)18-3-2-4-19(18)24/h5-6,11,13,18-19,21,24H,2-4,7-10,12H2,1H3/t18-,19+/m0/s1. The van der Waals surface area contributed by atoms with E-state index in [0.29, 0.717) is 12.5 Å². The van der Waals surface area contributed by atoms with Gasteiger partial charge in [-0.1, -0.05) is 12.1 Å². The van der Waals surface area contributed by atoms with Crippen LogP contribution in [0.25, 0.3) is 10.9 Å². The second kappa shape index (κ2) is 6.81. The summed E-state index contributed by atoms with van der Waals surface area (Å²) in [5.41, 5.74) is 3.40. The van der Waals surface area contributed by atoms with Crippen molar-refractivity contribution in [2.45, 2.75) is 44.8 Å². The third-order valence-corrected chi connectivity index (χ3v) is 5.84. The van der Waals surface area contributed by atoms with Gasteiger partial charge in [-0.05, 0) is 43.4 Å². The number of hydrogen-bond acceptors (Lipinski definition) is 3. The Balaban J connectivity index is 1.37. The normalized spacial score (nSPS) is 25.0. The second-order valence-corrected chi connectivity index (χ2v) is 7.52. The van der Waals surface area contributed by atoms with E-state index in [9.17, 15) is 9.90 Å². The molecule has 1 aliphatic carbocycles. The number of nitrogens with one attached hydrogen (secondary N) is 1. The van der Waals surface area contributed by atoms with Crippen LogP contribution in [0.2, 0.25) is 0 Å². The van der Waals surface area contributed by atoms with Gasteiger partial charge in [-0.25, -0.2) is 0 Å². The Labute approximate surface area is 148 Å². The van der Waals surface area contributed by atoms with E-state index in [2.05, 4.69) is 35.0 Å². The van der Waals surface area contributed by atoms with E-state index < -0.39 is 0 Å². The van der Waals surface area contributed by atoms with Crippen LogP contribution in [0.3, 0.4) is 0 Å². The Morgan fingerprint density at radius 2 is 2.04 bits per heavy atom. The molecule has 2 heterocycles. The average Bonchev–Trinajstić information content (AvgIpc) is 3.21. The Morgan fingerprint density at radius 3 is 2.76 bits per heavy atom. The van der Waals surface area contributed by atoms with Crippen LogP contribution < -0.4 is 0 Å². The van der Waals surface area contributed by atoms with Gasteiger partial charge in [0.2, 0.25) is 5.91 Å². The molecule has 2 aromatic rings. The molecule has 1 aromatic heterocycles. The summed E-state index contributed by atoms with van der Waals surface area (Å²) in [6.45, 7) is 5.36. The summed E-state index contributed by atoms with van der Waals surface area (Å²) in [6, 6.07) is 6.61. The molecule has 1 saturated heterocycles. The quantitative estimate of drug-likeness (QED) is 0.899. The summed E-state index contributed by atoms with van der Waals surface area (Å²) in [4.78, 5) is 20.3. The molecule has 0 spiro atoms. The number of aliphatic hydroxyl groups excluding tert-OH is 1. The number of carbonyl (C=O) groups excluding carboxylic acids is 1. The van der Waals surface area contributed by atoms with Crippen LogP contribution in [0.1, 0.15) is 30.4 Å². The maximum absolute atomic E-state index is 12.7. The van der Waals surface area contributed by atoms with Crippen LogP contribution in [-0.4, -0.2) is 64.1 Å². The van der Waals surface area contributed by atoms with Gasteiger partial charge < -0.3 is 15.0 Å². The van der Waals surface area contributed by atoms with Crippen molar-refractivity contribution in [2.24, 2.45) is 0 Å². The molecule has 4 rings (SSSR count). The van der Waals surface area contributed by atoms with E-state index in [1.54, 1.807) is 0 Å². The number of piperazine rings is 1. The number of hydrogen-bond donors (Lipinski definition) is 2. The molecular weight excluding hydrogens is 314 g/mol. The summed E-state index contributed by atoms with van der Waals surface area (Å²) in [5.74, 6) is 0.202. The van der Waals surface area contributed by atoms with E-state index in [1.807, 2.05) is 11.1 Å². The monoisotopic (exact) mass is 341 g/mol. The number of fused-ring (bicyclic) bond motifs is 1. The minimum Gasteiger partial charge on any atom is -0.391 e. The lowest BCUT2D eigenvalue weighted by Gasteiger charge is -2.39. The highest BCUT2D eigenvalue weighted by atomic mass is 16.3. The van der Waals surface area contributed by atoms with E-state index in [0.717, 1.165) is 61.9 Å².